The summed E-state index contributed by atoms with van der Waals surface area (Å²) in [6.07, 6.45) is 0.243. The minimum absolute atomic E-state index is 0.0235. The number of hydrogen-bond donors (Lipinski definition) is 1. The van der Waals surface area contributed by atoms with Gasteiger partial charge in [-0.2, -0.15) is 5.10 Å². The largest absolute Gasteiger partial charge is 0.352 e. The van der Waals surface area contributed by atoms with Gasteiger partial charge in [0, 0.05) is 43.4 Å². The van der Waals surface area contributed by atoms with Crippen molar-refractivity contribution in [2.75, 3.05) is 13.6 Å². The lowest BCUT2D eigenvalue weighted by Crippen LogP contribution is -2.32. The first kappa shape index (κ1) is 24.2. The van der Waals surface area contributed by atoms with Gasteiger partial charge >= 0.3 is 0 Å². The van der Waals surface area contributed by atoms with Gasteiger partial charge in [-0.1, -0.05) is 51.1 Å². The van der Waals surface area contributed by atoms with Gasteiger partial charge in [-0.25, -0.2) is 4.68 Å². The van der Waals surface area contributed by atoms with Crippen molar-refractivity contribution in [2.24, 2.45) is 0 Å². The number of aryl methyl sites for hydroxylation is 1. The lowest BCUT2D eigenvalue weighted by molar-refractivity contribution is -0.130. The third-order valence-electron chi connectivity index (χ3n) is 5.90. The molecule has 1 aromatic heterocycles. The highest BCUT2D eigenvalue weighted by Gasteiger charge is 2.18. The van der Waals surface area contributed by atoms with Gasteiger partial charge in [0.05, 0.1) is 11.4 Å². The van der Waals surface area contributed by atoms with Gasteiger partial charge < -0.3 is 10.2 Å². The number of nitrogens with zero attached hydrogens (tertiary/aromatic N) is 3. The Hall–Kier alpha value is -3.41. The molecule has 6 heteroatoms. The first-order chi connectivity index (χ1) is 15.6. The van der Waals surface area contributed by atoms with Crippen molar-refractivity contribution >= 4 is 11.8 Å². The Morgan fingerprint density at radius 3 is 2.24 bits per heavy atom. The predicted octanol–water partition coefficient (Wildman–Crippen LogP) is 4.57. The molecule has 0 aliphatic carbocycles. The van der Waals surface area contributed by atoms with Crippen molar-refractivity contribution in [3.8, 4) is 5.69 Å². The molecule has 0 aliphatic rings. The van der Waals surface area contributed by atoms with E-state index >= 15 is 0 Å². The number of benzene rings is 2. The maximum Gasteiger partial charge on any atom is 0.251 e. The zero-order valence-corrected chi connectivity index (χ0v) is 20.5. The molecule has 0 aliphatic heterocycles. The van der Waals surface area contributed by atoms with E-state index in [0.29, 0.717) is 18.7 Å². The van der Waals surface area contributed by atoms with Gasteiger partial charge in [-0.15, -0.1) is 0 Å². The van der Waals surface area contributed by atoms with Crippen LogP contribution in [0.5, 0.6) is 0 Å². The summed E-state index contributed by atoms with van der Waals surface area (Å²) in [6.45, 7) is 11.2. The molecule has 1 heterocycles. The molecular formula is C27H34N4O2. The second-order valence-electron chi connectivity index (χ2n) is 9.48. The first-order valence-electron chi connectivity index (χ1n) is 11.3. The first-order valence-corrected chi connectivity index (χ1v) is 11.3. The van der Waals surface area contributed by atoms with Crippen LogP contribution in [-0.4, -0.2) is 40.1 Å². The normalized spacial score (nSPS) is 11.3. The smallest absolute Gasteiger partial charge is 0.251 e. The molecule has 0 spiro atoms. The van der Waals surface area contributed by atoms with E-state index in [1.165, 1.54) is 5.56 Å². The number of aromatic nitrogens is 2. The fourth-order valence-electron chi connectivity index (χ4n) is 3.75. The molecule has 0 saturated heterocycles. The SMILES string of the molecule is Cc1nn(-c2ccccc2)c(C)c1CN(C)C(=O)CCNC(=O)c1ccc(C(C)(C)C)cc1. The molecule has 0 bridgehead atoms. The van der Waals surface area contributed by atoms with Gasteiger partial charge in [0.2, 0.25) is 5.91 Å². The highest BCUT2D eigenvalue weighted by atomic mass is 16.2. The average Bonchev–Trinajstić information content (AvgIpc) is 3.07. The molecule has 6 nitrogen and oxygen atoms in total. The van der Waals surface area contributed by atoms with Crippen LogP contribution in [0.25, 0.3) is 5.69 Å². The molecule has 0 fully saturated rings. The van der Waals surface area contributed by atoms with Crippen LogP contribution in [0, 0.1) is 13.8 Å². The zero-order valence-electron chi connectivity index (χ0n) is 20.5. The number of hydrogen-bond acceptors (Lipinski definition) is 3. The third-order valence-corrected chi connectivity index (χ3v) is 5.90. The molecular weight excluding hydrogens is 412 g/mol. The number of rotatable bonds is 7. The van der Waals surface area contributed by atoms with Crippen LogP contribution in [0.4, 0.5) is 0 Å². The summed E-state index contributed by atoms with van der Waals surface area (Å²) in [5.74, 6) is -0.189. The average molecular weight is 447 g/mol. The highest BCUT2D eigenvalue weighted by molar-refractivity contribution is 5.94. The van der Waals surface area contributed by atoms with Crippen molar-refractivity contribution in [3.05, 3.63) is 82.7 Å². The monoisotopic (exact) mass is 446 g/mol. The Morgan fingerprint density at radius 1 is 1.00 bits per heavy atom. The van der Waals surface area contributed by atoms with Gasteiger partial charge in [-0.05, 0) is 49.1 Å². The quantitative estimate of drug-likeness (QED) is 0.578. The molecule has 0 saturated carbocycles. The summed E-state index contributed by atoms with van der Waals surface area (Å²) in [6, 6.07) is 17.6. The summed E-state index contributed by atoms with van der Waals surface area (Å²) in [7, 11) is 1.79. The summed E-state index contributed by atoms with van der Waals surface area (Å²) >= 11 is 0. The van der Waals surface area contributed by atoms with Gasteiger partial charge in [-0.3, -0.25) is 9.59 Å². The molecule has 0 atom stereocenters. The Labute approximate surface area is 196 Å². The van der Waals surface area contributed by atoms with E-state index in [2.05, 4.69) is 31.2 Å². The Balaban J connectivity index is 1.54. The van der Waals surface area contributed by atoms with Crippen molar-refractivity contribution in [3.63, 3.8) is 0 Å². The predicted molar refractivity (Wildman–Crippen MR) is 132 cm³/mol. The highest BCUT2D eigenvalue weighted by Crippen LogP contribution is 2.22. The van der Waals surface area contributed by atoms with Crippen LogP contribution in [0.1, 0.15) is 60.1 Å². The Morgan fingerprint density at radius 2 is 1.64 bits per heavy atom. The lowest BCUT2D eigenvalue weighted by Gasteiger charge is -2.19. The Kier molecular flexibility index (Phi) is 7.36. The fraction of sp³-hybridized carbons (Fsp3) is 0.370. The fourth-order valence-corrected chi connectivity index (χ4v) is 3.75. The van der Waals surface area contributed by atoms with E-state index < -0.39 is 0 Å². The van der Waals surface area contributed by atoms with Gasteiger partial charge in [0.15, 0.2) is 0 Å². The topological polar surface area (TPSA) is 67.2 Å². The Bertz CT molecular complexity index is 1110. The molecule has 0 unspecified atom stereocenters. The van der Waals surface area contributed by atoms with Crippen molar-refractivity contribution in [1.82, 2.24) is 20.0 Å². The maximum atomic E-state index is 12.7. The second-order valence-corrected chi connectivity index (χ2v) is 9.48. The number of carbonyl (C=O) groups is 2. The van der Waals surface area contributed by atoms with Crippen LogP contribution in [0.15, 0.2) is 54.6 Å². The number of para-hydroxylation sites is 1. The van der Waals surface area contributed by atoms with Crippen molar-refractivity contribution in [1.29, 1.82) is 0 Å². The van der Waals surface area contributed by atoms with E-state index in [1.54, 1.807) is 11.9 Å². The van der Waals surface area contributed by atoms with E-state index in [9.17, 15) is 9.59 Å². The summed E-state index contributed by atoms with van der Waals surface area (Å²) in [5.41, 5.74) is 5.78. The minimum atomic E-state index is -0.165. The molecule has 2 amide bonds. The van der Waals surface area contributed by atoms with E-state index in [0.717, 1.165) is 22.6 Å². The van der Waals surface area contributed by atoms with Crippen molar-refractivity contribution < 1.29 is 9.59 Å². The third kappa shape index (κ3) is 5.89. The number of amides is 2. The molecule has 174 valence electrons. The van der Waals surface area contributed by atoms with Crippen LogP contribution in [0.3, 0.4) is 0 Å². The standard InChI is InChI=1S/C27H34N4O2/c1-19-24(20(2)31(29-19)23-10-8-7-9-11-23)18-30(6)25(32)16-17-28-26(33)21-12-14-22(15-13-21)27(3,4)5/h7-15H,16-18H2,1-6H3,(H,28,33). The second kappa shape index (κ2) is 10.0. The molecule has 33 heavy (non-hydrogen) atoms. The molecule has 1 N–H and O–H groups in total. The van der Waals surface area contributed by atoms with Crippen LogP contribution in [0.2, 0.25) is 0 Å². The maximum absolute atomic E-state index is 12.7. The molecule has 0 radical (unpaired) electrons. The van der Waals surface area contributed by atoms with Crippen LogP contribution in [-0.2, 0) is 16.8 Å². The lowest BCUT2D eigenvalue weighted by atomic mass is 9.87. The van der Waals surface area contributed by atoms with Gasteiger partial charge in [0.1, 0.15) is 0 Å². The van der Waals surface area contributed by atoms with Crippen molar-refractivity contribution in [2.45, 2.75) is 53.0 Å². The molecule has 2 aromatic carbocycles. The van der Waals surface area contributed by atoms with Crippen LogP contribution >= 0.6 is 0 Å². The van der Waals surface area contributed by atoms with E-state index in [1.807, 2.05) is 73.1 Å². The molecule has 3 aromatic rings. The van der Waals surface area contributed by atoms with E-state index in [-0.39, 0.29) is 23.7 Å². The number of carbonyl (C=O) groups excluding carboxylic acids is 2. The summed E-state index contributed by atoms with van der Waals surface area (Å²) in [4.78, 5) is 26.8. The van der Waals surface area contributed by atoms with Gasteiger partial charge in [0.25, 0.3) is 5.91 Å². The zero-order chi connectivity index (χ0) is 24.2. The van der Waals surface area contributed by atoms with E-state index in [4.69, 9.17) is 0 Å². The summed E-state index contributed by atoms with van der Waals surface area (Å²) in [5, 5.41) is 7.51. The minimum Gasteiger partial charge on any atom is -0.352 e. The summed E-state index contributed by atoms with van der Waals surface area (Å²) < 4.78 is 1.91. The number of nitrogens with one attached hydrogen (secondary N) is 1. The van der Waals surface area contributed by atoms with Crippen LogP contribution < -0.4 is 5.32 Å². The molecule has 3 rings (SSSR count).